The highest BCUT2D eigenvalue weighted by atomic mass is 35.5. The van der Waals surface area contributed by atoms with Gasteiger partial charge in [0.15, 0.2) is 0 Å². The Hall–Kier alpha value is -1.28. The maximum Gasteiger partial charge on any atom is 0.221 e. The molecule has 68 valence electrons. The van der Waals surface area contributed by atoms with Gasteiger partial charge in [0, 0.05) is 17.7 Å². The summed E-state index contributed by atoms with van der Waals surface area (Å²) < 4.78 is 0. The average Bonchev–Trinajstić information content (AvgIpc) is 2.03. The molecule has 0 aliphatic heterocycles. The predicted octanol–water partition coefficient (Wildman–Crippen LogP) is 2.26. The topological polar surface area (TPSA) is 29.1 Å². The van der Waals surface area contributed by atoms with Crippen molar-refractivity contribution in [3.63, 3.8) is 0 Å². The normalized spacial score (nSPS) is 28.5. The van der Waals surface area contributed by atoms with Crippen LogP contribution < -0.4 is 5.32 Å². The zero-order valence-corrected chi connectivity index (χ0v) is 8.01. The van der Waals surface area contributed by atoms with Gasteiger partial charge in [0.25, 0.3) is 0 Å². The first-order valence-electron chi connectivity index (χ1n) is 3.88. The van der Waals surface area contributed by atoms with E-state index in [-0.39, 0.29) is 5.91 Å². The SMILES string of the molecule is CC(=O)NC1=C/C=C\C=C(Cl)/C=C\1. The molecule has 0 saturated carbocycles. The van der Waals surface area contributed by atoms with Gasteiger partial charge in [-0.15, -0.1) is 0 Å². The van der Waals surface area contributed by atoms with E-state index < -0.39 is 0 Å². The number of carbonyl (C=O) groups excluding carboxylic acids is 1. The smallest absolute Gasteiger partial charge is 0.221 e. The van der Waals surface area contributed by atoms with Gasteiger partial charge in [-0.2, -0.15) is 0 Å². The number of halogens is 1. The first kappa shape index (κ1) is 9.81. The zero-order chi connectivity index (χ0) is 9.68. The Labute approximate surface area is 82.3 Å². The van der Waals surface area contributed by atoms with Crippen LogP contribution in [0.15, 0.2) is 47.2 Å². The first-order valence-corrected chi connectivity index (χ1v) is 4.26. The van der Waals surface area contributed by atoms with Crippen LogP contribution >= 0.6 is 11.6 Å². The van der Waals surface area contributed by atoms with Crippen LogP contribution in [0.4, 0.5) is 0 Å². The van der Waals surface area contributed by atoms with Crippen molar-refractivity contribution in [2.24, 2.45) is 0 Å². The third-order valence-electron chi connectivity index (χ3n) is 1.38. The molecule has 0 aromatic carbocycles. The third-order valence-corrected chi connectivity index (χ3v) is 1.64. The van der Waals surface area contributed by atoms with Crippen molar-refractivity contribution in [3.8, 4) is 0 Å². The van der Waals surface area contributed by atoms with Crippen LogP contribution in [0.5, 0.6) is 0 Å². The summed E-state index contributed by atoms with van der Waals surface area (Å²) in [7, 11) is 0. The van der Waals surface area contributed by atoms with Crippen LogP contribution in [0.1, 0.15) is 6.92 Å². The van der Waals surface area contributed by atoms with Gasteiger partial charge in [-0.05, 0) is 24.3 Å². The highest BCUT2D eigenvalue weighted by Gasteiger charge is 1.95. The van der Waals surface area contributed by atoms with Gasteiger partial charge in [0.1, 0.15) is 0 Å². The summed E-state index contributed by atoms with van der Waals surface area (Å²) in [6, 6.07) is 0. The van der Waals surface area contributed by atoms with E-state index in [9.17, 15) is 4.79 Å². The fraction of sp³-hybridized carbons (Fsp3) is 0.100. The van der Waals surface area contributed by atoms with Crippen LogP contribution in [-0.4, -0.2) is 5.91 Å². The maximum absolute atomic E-state index is 10.7. The molecule has 0 heterocycles. The van der Waals surface area contributed by atoms with Gasteiger partial charge >= 0.3 is 0 Å². The third kappa shape index (κ3) is 3.76. The van der Waals surface area contributed by atoms with Gasteiger partial charge in [-0.25, -0.2) is 0 Å². The molecule has 0 aromatic rings. The van der Waals surface area contributed by atoms with Crippen molar-refractivity contribution in [3.05, 3.63) is 47.2 Å². The van der Waals surface area contributed by atoms with Crippen LogP contribution in [-0.2, 0) is 4.79 Å². The summed E-state index contributed by atoms with van der Waals surface area (Å²) in [5.41, 5.74) is 0.731. The number of hydrogen-bond donors (Lipinski definition) is 1. The molecule has 0 unspecified atom stereocenters. The van der Waals surface area contributed by atoms with Crippen molar-refractivity contribution in [1.29, 1.82) is 0 Å². The summed E-state index contributed by atoms with van der Waals surface area (Å²) in [5.74, 6) is -0.0926. The fourth-order valence-electron chi connectivity index (χ4n) is 0.874. The Morgan fingerprint density at radius 3 is 2.69 bits per heavy atom. The Morgan fingerprint density at radius 2 is 2.00 bits per heavy atom. The van der Waals surface area contributed by atoms with Gasteiger partial charge in [0.05, 0.1) is 0 Å². The molecule has 1 aliphatic carbocycles. The second-order valence-corrected chi connectivity index (χ2v) is 3.01. The summed E-state index contributed by atoms with van der Waals surface area (Å²) >= 11 is 5.78. The van der Waals surface area contributed by atoms with E-state index in [1.807, 2.05) is 12.2 Å². The number of carbonyl (C=O) groups is 1. The minimum Gasteiger partial charge on any atom is -0.326 e. The molecule has 2 nitrogen and oxygen atoms in total. The molecular formula is C10H10ClNO. The van der Waals surface area contributed by atoms with Gasteiger partial charge < -0.3 is 5.32 Å². The molecule has 0 fully saturated rings. The quantitative estimate of drug-likeness (QED) is 0.683. The molecule has 1 N–H and O–H groups in total. The van der Waals surface area contributed by atoms with Crippen molar-refractivity contribution in [1.82, 2.24) is 5.32 Å². The molecule has 0 spiro atoms. The van der Waals surface area contributed by atoms with Crippen LogP contribution in [0.2, 0.25) is 0 Å². The van der Waals surface area contributed by atoms with E-state index in [0.717, 1.165) is 5.70 Å². The second kappa shape index (κ2) is 4.67. The summed E-state index contributed by atoms with van der Waals surface area (Å²) in [4.78, 5) is 10.7. The molecule has 1 aliphatic rings. The van der Waals surface area contributed by atoms with E-state index in [4.69, 9.17) is 11.6 Å². The number of amides is 1. The molecule has 0 atom stereocenters. The van der Waals surface area contributed by atoms with Gasteiger partial charge in [-0.3, -0.25) is 4.79 Å². The Bertz CT molecular complexity index is 324. The molecule has 0 saturated heterocycles. The first-order chi connectivity index (χ1) is 6.18. The molecule has 0 bridgehead atoms. The monoisotopic (exact) mass is 195 g/mol. The van der Waals surface area contributed by atoms with E-state index in [2.05, 4.69) is 5.32 Å². The van der Waals surface area contributed by atoms with E-state index in [0.29, 0.717) is 5.03 Å². The number of rotatable bonds is 1. The predicted molar refractivity (Wildman–Crippen MR) is 54.1 cm³/mol. The molecule has 1 rings (SSSR count). The summed E-state index contributed by atoms with van der Waals surface area (Å²) in [6.45, 7) is 1.47. The fourth-order valence-corrected chi connectivity index (χ4v) is 1.01. The molecule has 13 heavy (non-hydrogen) atoms. The second-order valence-electron chi connectivity index (χ2n) is 2.57. The van der Waals surface area contributed by atoms with Crippen molar-refractivity contribution in [2.45, 2.75) is 6.92 Å². The van der Waals surface area contributed by atoms with Crippen LogP contribution in [0.3, 0.4) is 0 Å². The summed E-state index contributed by atoms with van der Waals surface area (Å²) in [5, 5.41) is 3.30. The number of hydrogen-bond acceptors (Lipinski definition) is 1. The molecule has 0 aromatic heterocycles. The van der Waals surface area contributed by atoms with Crippen molar-refractivity contribution < 1.29 is 4.79 Å². The highest BCUT2D eigenvalue weighted by molar-refractivity contribution is 6.31. The summed E-state index contributed by atoms with van der Waals surface area (Å²) in [6.07, 6.45) is 10.7. The van der Waals surface area contributed by atoms with Crippen LogP contribution in [0.25, 0.3) is 0 Å². The Kier molecular flexibility index (Phi) is 3.53. The largest absolute Gasteiger partial charge is 0.326 e. The van der Waals surface area contributed by atoms with Crippen molar-refractivity contribution >= 4 is 17.5 Å². The average molecular weight is 196 g/mol. The minimum atomic E-state index is -0.0926. The van der Waals surface area contributed by atoms with E-state index in [1.54, 1.807) is 24.3 Å². The Morgan fingerprint density at radius 1 is 1.31 bits per heavy atom. The standard InChI is InChI=1S/C10H10ClNO/c1-8(13)12-10-5-3-2-4-9(11)6-7-10/h2-7H,1H3,(H,12,13)/b3-2-,4-2?,5-3?,7-6-,9-4+,9-6?,10-5+,10-7?. The molecule has 3 heteroatoms. The lowest BCUT2D eigenvalue weighted by molar-refractivity contribution is -0.118. The lowest BCUT2D eigenvalue weighted by Crippen LogP contribution is -2.17. The van der Waals surface area contributed by atoms with Gasteiger partial charge in [0.2, 0.25) is 5.91 Å². The van der Waals surface area contributed by atoms with E-state index >= 15 is 0 Å². The number of allylic oxidation sites excluding steroid dienone is 7. The Balaban J connectivity index is 2.76. The van der Waals surface area contributed by atoms with Crippen LogP contribution in [0, 0.1) is 0 Å². The van der Waals surface area contributed by atoms with Gasteiger partial charge in [-0.1, -0.05) is 23.8 Å². The molecule has 0 radical (unpaired) electrons. The molecule has 1 amide bonds. The molecular weight excluding hydrogens is 186 g/mol. The number of nitrogens with one attached hydrogen (secondary N) is 1. The lowest BCUT2D eigenvalue weighted by Gasteiger charge is -2.02. The highest BCUT2D eigenvalue weighted by Crippen LogP contribution is 2.08. The minimum absolute atomic E-state index is 0.0926. The van der Waals surface area contributed by atoms with Crippen molar-refractivity contribution in [2.75, 3.05) is 0 Å². The lowest BCUT2D eigenvalue weighted by atomic mass is 10.2. The maximum atomic E-state index is 10.7. The zero-order valence-electron chi connectivity index (χ0n) is 7.25. The van der Waals surface area contributed by atoms with E-state index in [1.165, 1.54) is 6.92 Å².